The van der Waals surface area contributed by atoms with Crippen LogP contribution in [0.1, 0.15) is 30.9 Å². The van der Waals surface area contributed by atoms with Gasteiger partial charge in [0.25, 0.3) is 0 Å². The molecule has 0 aliphatic carbocycles. The van der Waals surface area contributed by atoms with E-state index >= 15 is 0 Å². The molecule has 1 aromatic carbocycles. The second-order valence-corrected chi connectivity index (χ2v) is 7.90. The largest absolute Gasteiger partial charge is 0.369 e. The van der Waals surface area contributed by atoms with E-state index in [1.807, 2.05) is 11.8 Å². The molecule has 1 aromatic rings. The lowest BCUT2D eigenvalue weighted by Gasteiger charge is -2.31. The number of halogens is 1. The number of carbonyl (C=O) groups is 1. The van der Waals surface area contributed by atoms with Crippen LogP contribution in [0.15, 0.2) is 29.3 Å². The molecule has 8 heteroatoms. The van der Waals surface area contributed by atoms with E-state index in [1.54, 1.807) is 0 Å². The van der Waals surface area contributed by atoms with Crippen LogP contribution in [-0.2, 0) is 17.9 Å². The van der Waals surface area contributed by atoms with Crippen molar-refractivity contribution in [3.63, 3.8) is 0 Å². The SMILES string of the molecule is CCNC(=NCc1cccc(CN2CCCC(C(N)=O)C2)c1)NCCSC.I. The normalized spacial score (nSPS) is 17.6. The molecular formula is C20H34IN5OS. The van der Waals surface area contributed by atoms with Gasteiger partial charge in [0.2, 0.25) is 5.91 Å². The minimum atomic E-state index is -0.173. The fraction of sp³-hybridized carbons (Fsp3) is 0.600. The molecule has 0 saturated carbocycles. The van der Waals surface area contributed by atoms with Crippen LogP contribution in [0.4, 0.5) is 0 Å². The van der Waals surface area contributed by atoms with E-state index in [4.69, 9.17) is 5.73 Å². The van der Waals surface area contributed by atoms with Crippen LogP contribution in [0.3, 0.4) is 0 Å². The Morgan fingerprint density at radius 3 is 2.86 bits per heavy atom. The molecule has 6 nitrogen and oxygen atoms in total. The number of amides is 1. The predicted octanol–water partition coefficient (Wildman–Crippen LogP) is 2.42. The molecule has 1 saturated heterocycles. The first-order chi connectivity index (χ1) is 13.1. The van der Waals surface area contributed by atoms with Gasteiger partial charge in [-0.15, -0.1) is 24.0 Å². The molecule has 1 aliphatic rings. The number of nitrogens with one attached hydrogen (secondary N) is 2. The number of nitrogens with two attached hydrogens (primary N) is 1. The van der Waals surface area contributed by atoms with Crippen LogP contribution in [-0.4, -0.2) is 55.0 Å². The van der Waals surface area contributed by atoms with Crippen molar-refractivity contribution in [2.45, 2.75) is 32.9 Å². The van der Waals surface area contributed by atoms with Crippen LogP contribution < -0.4 is 16.4 Å². The zero-order valence-corrected chi connectivity index (χ0v) is 20.1. The molecule has 28 heavy (non-hydrogen) atoms. The average molecular weight is 519 g/mol. The molecule has 1 heterocycles. The molecule has 158 valence electrons. The standard InChI is InChI=1S/C20H33N5OS.HI/c1-3-22-20(23-9-11-27-2)24-13-16-6-4-7-17(12-16)14-25-10-5-8-18(15-25)19(21)26;/h4,6-7,12,18H,3,5,8-11,13-15H2,1-2H3,(H2,21,26)(H2,22,23,24);1H. The number of nitrogens with zero attached hydrogens (tertiary/aromatic N) is 2. The van der Waals surface area contributed by atoms with Gasteiger partial charge in [-0.1, -0.05) is 24.3 Å². The molecule has 1 fully saturated rings. The van der Waals surface area contributed by atoms with E-state index in [2.05, 4.69) is 58.0 Å². The van der Waals surface area contributed by atoms with E-state index in [9.17, 15) is 4.79 Å². The summed E-state index contributed by atoms with van der Waals surface area (Å²) in [6, 6.07) is 8.55. The average Bonchev–Trinajstić information content (AvgIpc) is 2.67. The van der Waals surface area contributed by atoms with Crippen LogP contribution >= 0.6 is 35.7 Å². The lowest BCUT2D eigenvalue weighted by molar-refractivity contribution is -0.123. The number of piperidine rings is 1. The van der Waals surface area contributed by atoms with Gasteiger partial charge in [0.15, 0.2) is 5.96 Å². The van der Waals surface area contributed by atoms with Gasteiger partial charge in [0, 0.05) is 31.9 Å². The second-order valence-electron chi connectivity index (χ2n) is 6.91. The number of carbonyl (C=O) groups excluding carboxylic acids is 1. The molecule has 4 N–H and O–H groups in total. The van der Waals surface area contributed by atoms with E-state index < -0.39 is 0 Å². The number of hydrogen-bond donors (Lipinski definition) is 3. The molecular weight excluding hydrogens is 485 g/mol. The zero-order chi connectivity index (χ0) is 19.5. The Bertz CT molecular complexity index is 628. The molecule has 0 spiro atoms. The summed E-state index contributed by atoms with van der Waals surface area (Å²) in [5.41, 5.74) is 7.94. The quantitative estimate of drug-likeness (QED) is 0.202. The van der Waals surface area contributed by atoms with Gasteiger partial charge >= 0.3 is 0 Å². The maximum atomic E-state index is 11.5. The number of benzene rings is 1. The number of hydrogen-bond acceptors (Lipinski definition) is 4. The van der Waals surface area contributed by atoms with Crippen LogP contribution in [0.5, 0.6) is 0 Å². The van der Waals surface area contributed by atoms with E-state index in [0.717, 1.165) is 57.3 Å². The molecule has 1 atom stereocenters. The van der Waals surface area contributed by atoms with Gasteiger partial charge in [-0.05, 0) is 43.7 Å². The van der Waals surface area contributed by atoms with Crippen LogP contribution in [0.25, 0.3) is 0 Å². The summed E-state index contributed by atoms with van der Waals surface area (Å²) in [6.45, 7) is 7.12. The predicted molar refractivity (Wildman–Crippen MR) is 130 cm³/mol. The van der Waals surface area contributed by atoms with Gasteiger partial charge in [0.1, 0.15) is 0 Å². The first-order valence-corrected chi connectivity index (χ1v) is 11.1. The summed E-state index contributed by atoms with van der Waals surface area (Å²) in [5.74, 6) is 1.73. The van der Waals surface area contributed by atoms with Gasteiger partial charge in [0.05, 0.1) is 12.5 Å². The topological polar surface area (TPSA) is 82.8 Å². The number of likely N-dealkylation sites (tertiary alicyclic amines) is 1. The smallest absolute Gasteiger partial charge is 0.221 e. The Balaban J connectivity index is 0.00000392. The van der Waals surface area contributed by atoms with E-state index in [1.165, 1.54) is 11.1 Å². The Hall–Kier alpha value is -1.00. The first-order valence-electron chi connectivity index (χ1n) is 9.73. The van der Waals surface area contributed by atoms with Crippen molar-refractivity contribution in [3.8, 4) is 0 Å². The molecule has 0 bridgehead atoms. The fourth-order valence-corrected chi connectivity index (χ4v) is 3.61. The maximum Gasteiger partial charge on any atom is 0.221 e. The highest BCUT2D eigenvalue weighted by Gasteiger charge is 2.23. The Labute approximate surface area is 190 Å². The summed E-state index contributed by atoms with van der Waals surface area (Å²) in [7, 11) is 0. The number of guanidine groups is 1. The zero-order valence-electron chi connectivity index (χ0n) is 16.9. The third-order valence-electron chi connectivity index (χ3n) is 4.67. The number of thioether (sulfide) groups is 1. The molecule has 2 rings (SSSR count). The highest BCUT2D eigenvalue weighted by atomic mass is 127. The second kappa shape index (κ2) is 14.1. The van der Waals surface area contributed by atoms with Gasteiger partial charge in [-0.25, -0.2) is 4.99 Å². The van der Waals surface area contributed by atoms with Gasteiger partial charge in [-0.2, -0.15) is 11.8 Å². The Morgan fingerprint density at radius 2 is 2.14 bits per heavy atom. The van der Waals surface area contributed by atoms with Crippen molar-refractivity contribution in [1.82, 2.24) is 15.5 Å². The highest BCUT2D eigenvalue weighted by Crippen LogP contribution is 2.19. The minimum Gasteiger partial charge on any atom is -0.369 e. The van der Waals surface area contributed by atoms with Crippen molar-refractivity contribution in [1.29, 1.82) is 0 Å². The van der Waals surface area contributed by atoms with Gasteiger partial charge < -0.3 is 16.4 Å². The monoisotopic (exact) mass is 519 g/mol. The van der Waals surface area contributed by atoms with Crippen LogP contribution in [0.2, 0.25) is 0 Å². The Morgan fingerprint density at radius 1 is 1.36 bits per heavy atom. The first kappa shape index (κ1) is 25.0. The number of primary amides is 1. The summed E-state index contributed by atoms with van der Waals surface area (Å²) < 4.78 is 0. The summed E-state index contributed by atoms with van der Waals surface area (Å²) in [5, 5.41) is 6.64. The van der Waals surface area contributed by atoms with E-state index in [-0.39, 0.29) is 35.8 Å². The third kappa shape index (κ3) is 9.00. The van der Waals surface area contributed by atoms with Crippen molar-refractivity contribution < 1.29 is 4.79 Å². The lowest BCUT2D eigenvalue weighted by Crippen LogP contribution is -2.40. The number of rotatable bonds is 9. The molecule has 1 amide bonds. The van der Waals surface area contributed by atoms with Crippen molar-refractivity contribution in [2.75, 3.05) is 38.2 Å². The van der Waals surface area contributed by atoms with Crippen LogP contribution in [0, 0.1) is 5.92 Å². The van der Waals surface area contributed by atoms with Gasteiger partial charge in [-0.3, -0.25) is 9.69 Å². The number of aliphatic imine (C=N–C) groups is 1. The third-order valence-corrected chi connectivity index (χ3v) is 5.28. The van der Waals surface area contributed by atoms with E-state index in [0.29, 0.717) is 6.54 Å². The lowest BCUT2D eigenvalue weighted by atomic mass is 9.97. The van der Waals surface area contributed by atoms with Crippen molar-refractivity contribution in [3.05, 3.63) is 35.4 Å². The molecule has 0 aromatic heterocycles. The summed E-state index contributed by atoms with van der Waals surface area (Å²) >= 11 is 1.82. The Kier molecular flexibility index (Phi) is 12.6. The highest BCUT2D eigenvalue weighted by molar-refractivity contribution is 14.0. The summed E-state index contributed by atoms with van der Waals surface area (Å²) in [6.07, 6.45) is 4.05. The molecule has 1 aliphatic heterocycles. The minimum absolute atomic E-state index is 0. The molecule has 0 radical (unpaired) electrons. The summed E-state index contributed by atoms with van der Waals surface area (Å²) in [4.78, 5) is 18.5. The van der Waals surface area contributed by atoms with Crippen molar-refractivity contribution in [2.24, 2.45) is 16.6 Å². The maximum absolute atomic E-state index is 11.5. The van der Waals surface area contributed by atoms with Crippen molar-refractivity contribution >= 4 is 47.6 Å². The molecule has 1 unspecified atom stereocenters. The fourth-order valence-electron chi connectivity index (χ4n) is 3.30.